The molecule has 15 heteroatoms. The van der Waals surface area contributed by atoms with Crippen molar-refractivity contribution < 1.29 is 23.5 Å². The number of allylic oxidation sites excluding steroid dienone is 2. The maximum atomic E-state index is 15.0. The van der Waals surface area contributed by atoms with Crippen molar-refractivity contribution in [1.82, 2.24) is 24.0 Å². The van der Waals surface area contributed by atoms with Crippen LogP contribution in [0, 0.1) is 5.95 Å². The summed E-state index contributed by atoms with van der Waals surface area (Å²) in [7, 11) is 3.44. The number of aliphatic hydroxyl groups is 1. The Labute approximate surface area is 237 Å². The van der Waals surface area contributed by atoms with E-state index < -0.39 is 52.9 Å². The molecule has 5 rings (SSSR count). The van der Waals surface area contributed by atoms with Crippen LogP contribution < -0.4 is 21.5 Å². The van der Waals surface area contributed by atoms with Crippen LogP contribution in [-0.2, 0) is 23.2 Å². The van der Waals surface area contributed by atoms with Crippen LogP contribution >= 0.6 is 11.6 Å². The standard InChI is InChI=1S/C26H27ClF2N8O4/c1-12-8-34(2)4-5-37(12)17-7-16(20(27)23(29)33-17)32-18(38)10-36-9-15(19-25(36)31-11-35(3)26(19)41)13-6-14(24(30)40)22(39)21(13)28/h6-7,9,11-13,39H,4-5,8,10H2,1-3H3,(H2,30,40)(H,32,33,38)/t12-,13?/m0/s1. The zero-order chi connectivity index (χ0) is 29.7. The quantitative estimate of drug-likeness (QED) is 0.370. The molecule has 2 aliphatic rings. The molecule has 216 valence electrons. The van der Waals surface area contributed by atoms with E-state index in [0.29, 0.717) is 12.4 Å². The number of nitrogens with zero attached hydrogens (tertiary/aromatic N) is 6. The topological polar surface area (TPSA) is 152 Å². The predicted octanol–water partition coefficient (Wildman–Crippen LogP) is 1.95. The molecule has 3 aromatic heterocycles. The molecule has 0 spiro atoms. The molecule has 0 bridgehead atoms. The molecule has 0 radical (unpaired) electrons. The Morgan fingerprint density at radius 1 is 1.27 bits per heavy atom. The van der Waals surface area contributed by atoms with Gasteiger partial charge in [0, 0.05) is 45.0 Å². The smallest absolute Gasteiger partial charge is 0.262 e. The third-order valence-electron chi connectivity index (χ3n) is 7.27. The van der Waals surface area contributed by atoms with E-state index in [-0.39, 0.29) is 33.3 Å². The Kier molecular flexibility index (Phi) is 7.30. The summed E-state index contributed by atoms with van der Waals surface area (Å²) in [6, 6.07) is 1.54. The number of pyridine rings is 1. The number of fused-ring (bicyclic) bond motifs is 1. The number of aliphatic hydroxyl groups excluding tert-OH is 1. The molecule has 1 saturated heterocycles. The van der Waals surface area contributed by atoms with Gasteiger partial charge in [0.15, 0.2) is 11.6 Å². The second-order valence-corrected chi connectivity index (χ2v) is 10.6. The minimum atomic E-state index is -1.31. The Balaban J connectivity index is 1.48. The Morgan fingerprint density at radius 2 is 2.00 bits per heavy atom. The number of carbonyl (C=O) groups is 2. The second-order valence-electron chi connectivity index (χ2n) is 10.2. The fraction of sp³-hybridized carbons (Fsp3) is 0.346. The number of nitrogens with two attached hydrogens (primary N) is 1. The van der Waals surface area contributed by atoms with Crippen molar-refractivity contribution in [3.8, 4) is 0 Å². The number of aryl methyl sites for hydroxylation is 1. The van der Waals surface area contributed by atoms with Gasteiger partial charge in [0.25, 0.3) is 11.5 Å². The number of anilines is 2. The van der Waals surface area contributed by atoms with Gasteiger partial charge < -0.3 is 35.1 Å². The van der Waals surface area contributed by atoms with Crippen molar-refractivity contribution in [2.24, 2.45) is 12.8 Å². The number of carbonyl (C=O) groups excluding carboxylic acids is 2. The molecule has 2 amide bonds. The van der Waals surface area contributed by atoms with Gasteiger partial charge in [-0.25, -0.2) is 14.4 Å². The maximum absolute atomic E-state index is 15.0. The Hall–Kier alpha value is -4.30. The molecule has 4 N–H and O–H groups in total. The zero-order valence-corrected chi connectivity index (χ0v) is 23.1. The number of amides is 2. The molecule has 4 heterocycles. The molecule has 1 aliphatic carbocycles. The number of nitrogens with one attached hydrogen (secondary N) is 1. The van der Waals surface area contributed by atoms with E-state index in [2.05, 4.69) is 20.2 Å². The van der Waals surface area contributed by atoms with E-state index in [0.717, 1.165) is 19.2 Å². The van der Waals surface area contributed by atoms with Gasteiger partial charge in [-0.2, -0.15) is 4.39 Å². The highest BCUT2D eigenvalue weighted by Gasteiger charge is 2.34. The number of rotatable bonds is 6. The van der Waals surface area contributed by atoms with Crippen LogP contribution in [0.15, 0.2) is 46.6 Å². The van der Waals surface area contributed by atoms with Gasteiger partial charge in [0.2, 0.25) is 11.9 Å². The number of hydrogen-bond acceptors (Lipinski definition) is 8. The summed E-state index contributed by atoms with van der Waals surface area (Å²) in [6.45, 7) is 3.67. The lowest BCUT2D eigenvalue weighted by molar-refractivity contribution is -0.117. The summed E-state index contributed by atoms with van der Waals surface area (Å²) in [5.41, 5.74) is 4.42. The first kappa shape index (κ1) is 28.2. The molecule has 1 fully saturated rings. The van der Waals surface area contributed by atoms with E-state index in [1.165, 1.54) is 34.8 Å². The number of hydrogen-bond donors (Lipinski definition) is 3. The monoisotopic (exact) mass is 588 g/mol. The fourth-order valence-electron chi connectivity index (χ4n) is 5.22. The summed E-state index contributed by atoms with van der Waals surface area (Å²) in [6.07, 6.45) is 3.69. The highest BCUT2D eigenvalue weighted by molar-refractivity contribution is 6.33. The van der Waals surface area contributed by atoms with Gasteiger partial charge in [-0.15, -0.1) is 0 Å². The lowest BCUT2D eigenvalue weighted by Crippen LogP contribution is -2.50. The molecule has 3 aromatic rings. The van der Waals surface area contributed by atoms with Crippen LogP contribution in [-0.4, -0.2) is 73.6 Å². The molecule has 41 heavy (non-hydrogen) atoms. The van der Waals surface area contributed by atoms with Crippen LogP contribution in [0.3, 0.4) is 0 Å². The largest absolute Gasteiger partial charge is 0.504 e. The predicted molar refractivity (Wildman–Crippen MR) is 148 cm³/mol. The Bertz CT molecular complexity index is 1720. The molecule has 0 saturated carbocycles. The average molecular weight is 589 g/mol. The highest BCUT2D eigenvalue weighted by atomic mass is 35.5. The van der Waals surface area contributed by atoms with E-state index in [1.54, 1.807) is 0 Å². The van der Waals surface area contributed by atoms with Crippen LogP contribution in [0.2, 0.25) is 5.02 Å². The molecular weight excluding hydrogens is 562 g/mol. The van der Waals surface area contributed by atoms with Crippen LogP contribution in [0.5, 0.6) is 0 Å². The maximum Gasteiger partial charge on any atom is 0.262 e. The first-order valence-electron chi connectivity index (χ1n) is 12.6. The molecular formula is C26H27ClF2N8O4. The van der Waals surface area contributed by atoms with Gasteiger partial charge >= 0.3 is 0 Å². The third kappa shape index (κ3) is 5.04. The average Bonchev–Trinajstić information content (AvgIpc) is 3.41. The SMILES string of the molecule is C[C@H]1CN(C)CCN1c1cc(NC(=O)Cn2cc(C3C=C(C(N)=O)C(O)=C3F)c3c(=O)n(C)cnc32)c(Cl)c(F)n1. The van der Waals surface area contributed by atoms with E-state index >= 15 is 4.39 Å². The number of halogens is 3. The number of primary amides is 1. The van der Waals surface area contributed by atoms with Crippen LogP contribution in [0.1, 0.15) is 18.4 Å². The minimum absolute atomic E-state index is 0.00887. The summed E-state index contributed by atoms with van der Waals surface area (Å²) in [5, 5.41) is 12.3. The highest BCUT2D eigenvalue weighted by Crippen LogP contribution is 2.40. The third-order valence-corrected chi connectivity index (χ3v) is 7.63. The lowest BCUT2D eigenvalue weighted by atomic mass is 10.0. The van der Waals surface area contributed by atoms with E-state index in [9.17, 15) is 23.9 Å². The summed E-state index contributed by atoms with van der Waals surface area (Å²) >= 11 is 6.15. The molecule has 1 unspecified atom stereocenters. The molecule has 1 aliphatic heterocycles. The van der Waals surface area contributed by atoms with Crippen LogP contribution in [0.25, 0.3) is 11.0 Å². The van der Waals surface area contributed by atoms with Gasteiger partial charge in [0.1, 0.15) is 23.0 Å². The first-order valence-corrected chi connectivity index (χ1v) is 13.0. The van der Waals surface area contributed by atoms with E-state index in [1.807, 2.05) is 18.9 Å². The fourth-order valence-corrected chi connectivity index (χ4v) is 5.36. The Morgan fingerprint density at radius 3 is 2.66 bits per heavy atom. The first-order chi connectivity index (χ1) is 19.4. The lowest BCUT2D eigenvalue weighted by Gasteiger charge is -2.39. The van der Waals surface area contributed by atoms with Crippen molar-refractivity contribution >= 4 is 46.0 Å². The normalized spacial score (nSPS) is 19.7. The van der Waals surface area contributed by atoms with Gasteiger partial charge in [-0.1, -0.05) is 17.7 Å². The molecule has 2 atom stereocenters. The molecule has 12 nitrogen and oxygen atoms in total. The summed E-state index contributed by atoms with van der Waals surface area (Å²) < 4.78 is 32.2. The number of aromatic nitrogens is 4. The van der Waals surface area contributed by atoms with Crippen molar-refractivity contribution in [2.75, 3.05) is 36.9 Å². The molecule has 0 aromatic carbocycles. The van der Waals surface area contributed by atoms with Gasteiger partial charge in [-0.05, 0) is 19.5 Å². The summed E-state index contributed by atoms with van der Waals surface area (Å²) in [4.78, 5) is 50.1. The summed E-state index contributed by atoms with van der Waals surface area (Å²) in [5.74, 6) is -5.59. The zero-order valence-electron chi connectivity index (χ0n) is 22.4. The van der Waals surface area contributed by atoms with Crippen molar-refractivity contribution in [2.45, 2.75) is 25.4 Å². The van der Waals surface area contributed by atoms with Crippen LogP contribution in [0.4, 0.5) is 20.3 Å². The van der Waals surface area contributed by atoms with Crippen molar-refractivity contribution in [3.05, 3.63) is 68.7 Å². The van der Waals surface area contributed by atoms with E-state index in [4.69, 9.17) is 17.3 Å². The van der Waals surface area contributed by atoms with Gasteiger partial charge in [-0.3, -0.25) is 14.4 Å². The van der Waals surface area contributed by atoms with Crippen molar-refractivity contribution in [1.29, 1.82) is 0 Å². The number of likely N-dealkylation sites (N-methyl/N-ethyl adjacent to an activating group) is 1. The second kappa shape index (κ2) is 10.6. The minimum Gasteiger partial charge on any atom is -0.504 e. The van der Waals surface area contributed by atoms with Crippen molar-refractivity contribution in [3.63, 3.8) is 0 Å². The van der Waals surface area contributed by atoms with Gasteiger partial charge in [0.05, 0.1) is 28.9 Å². The number of piperazine rings is 1.